The van der Waals surface area contributed by atoms with Crippen molar-refractivity contribution in [2.45, 2.75) is 0 Å². The van der Waals surface area contributed by atoms with E-state index in [1.54, 1.807) is 31.4 Å². The van der Waals surface area contributed by atoms with E-state index in [-0.39, 0.29) is 5.91 Å². The average molecular weight is 320 g/mol. The maximum atomic E-state index is 12.0. The molecule has 0 aliphatic rings. The number of hydrogen-bond donors (Lipinski definition) is 2. The number of ether oxygens (including phenoxy) is 1. The Morgan fingerprint density at radius 3 is 2.17 bits per heavy atom. The molecule has 0 saturated heterocycles. The van der Waals surface area contributed by atoms with E-state index in [1.165, 1.54) is 0 Å². The molecule has 0 radical (unpaired) electrons. The van der Waals surface area contributed by atoms with Crippen LogP contribution in [0.5, 0.6) is 5.75 Å². The molecule has 120 valence electrons. The van der Waals surface area contributed by atoms with Crippen molar-refractivity contribution in [2.75, 3.05) is 17.7 Å². The van der Waals surface area contributed by atoms with Crippen LogP contribution >= 0.6 is 0 Å². The van der Waals surface area contributed by atoms with Crippen molar-refractivity contribution in [2.24, 2.45) is 0 Å². The Bertz CT molecular complexity index is 803. The van der Waals surface area contributed by atoms with Crippen molar-refractivity contribution >= 4 is 23.2 Å². The number of benzene rings is 2. The highest BCUT2D eigenvalue weighted by Gasteiger charge is 2.06. The normalized spacial score (nSPS) is 10.0. The smallest absolute Gasteiger partial charge is 0.256 e. The molecule has 6 nitrogen and oxygen atoms in total. The lowest BCUT2D eigenvalue weighted by atomic mass is 10.2. The van der Waals surface area contributed by atoms with Gasteiger partial charge in [-0.2, -0.15) is 0 Å². The number of hydrogen-bond acceptors (Lipinski definition) is 5. The lowest BCUT2D eigenvalue weighted by Gasteiger charge is -2.07. The van der Waals surface area contributed by atoms with E-state index in [9.17, 15) is 4.79 Å². The Morgan fingerprint density at radius 1 is 0.875 bits per heavy atom. The summed E-state index contributed by atoms with van der Waals surface area (Å²) in [6.45, 7) is 0. The number of rotatable bonds is 5. The van der Waals surface area contributed by atoms with Crippen molar-refractivity contribution < 1.29 is 9.53 Å². The van der Waals surface area contributed by atoms with Crippen LogP contribution < -0.4 is 15.4 Å². The summed E-state index contributed by atoms with van der Waals surface area (Å²) in [5.74, 6) is 1.54. The number of amides is 1. The minimum absolute atomic E-state index is 0.222. The number of methoxy groups -OCH3 is 1. The van der Waals surface area contributed by atoms with Crippen molar-refractivity contribution in [3.05, 3.63) is 72.3 Å². The van der Waals surface area contributed by atoms with Gasteiger partial charge >= 0.3 is 0 Å². The van der Waals surface area contributed by atoms with Crippen molar-refractivity contribution in [3.63, 3.8) is 0 Å². The van der Waals surface area contributed by atoms with Crippen LogP contribution in [-0.2, 0) is 0 Å². The zero-order chi connectivity index (χ0) is 16.8. The molecule has 3 aromatic rings. The molecule has 6 heteroatoms. The third-order valence-electron chi connectivity index (χ3n) is 3.30. The number of anilines is 3. The van der Waals surface area contributed by atoms with Crippen LogP contribution in [-0.4, -0.2) is 23.2 Å². The van der Waals surface area contributed by atoms with E-state index in [1.807, 2.05) is 42.5 Å². The fourth-order valence-electron chi connectivity index (χ4n) is 2.07. The van der Waals surface area contributed by atoms with E-state index in [2.05, 4.69) is 20.8 Å². The Labute approximate surface area is 139 Å². The zero-order valence-corrected chi connectivity index (χ0v) is 13.1. The number of nitrogens with zero attached hydrogens (tertiary/aromatic N) is 2. The van der Waals surface area contributed by atoms with Crippen LogP contribution in [0.15, 0.2) is 66.7 Å². The van der Waals surface area contributed by atoms with Crippen molar-refractivity contribution in [1.82, 2.24) is 10.2 Å². The summed E-state index contributed by atoms with van der Waals surface area (Å²) in [6, 6.07) is 19.9. The summed E-state index contributed by atoms with van der Waals surface area (Å²) < 4.78 is 5.11. The molecule has 0 aliphatic heterocycles. The second kappa shape index (κ2) is 7.23. The fraction of sp³-hybridized carbons (Fsp3) is 0.0556. The number of nitrogens with one attached hydrogen (secondary N) is 2. The third kappa shape index (κ3) is 3.86. The van der Waals surface area contributed by atoms with Crippen molar-refractivity contribution in [3.8, 4) is 5.75 Å². The molecule has 2 N–H and O–H groups in total. The van der Waals surface area contributed by atoms with E-state index in [4.69, 9.17) is 4.74 Å². The number of aromatic nitrogens is 2. The zero-order valence-electron chi connectivity index (χ0n) is 13.1. The molecule has 0 atom stereocenters. The fourth-order valence-corrected chi connectivity index (χ4v) is 2.07. The summed E-state index contributed by atoms with van der Waals surface area (Å²) in [6.07, 6.45) is 0. The van der Waals surface area contributed by atoms with Gasteiger partial charge in [0.15, 0.2) is 11.6 Å². The van der Waals surface area contributed by atoms with E-state index < -0.39 is 0 Å². The van der Waals surface area contributed by atoms with E-state index >= 15 is 0 Å². The first kappa shape index (κ1) is 15.5. The predicted octanol–water partition coefficient (Wildman–Crippen LogP) is 3.48. The quantitative estimate of drug-likeness (QED) is 0.752. The molecule has 1 amide bonds. The highest BCUT2D eigenvalue weighted by molar-refractivity contribution is 6.03. The number of carbonyl (C=O) groups is 1. The summed E-state index contributed by atoms with van der Waals surface area (Å²) in [7, 11) is 1.62. The Balaban J connectivity index is 1.63. The summed E-state index contributed by atoms with van der Waals surface area (Å²) in [5, 5.41) is 13.9. The van der Waals surface area contributed by atoms with Gasteiger partial charge in [0.25, 0.3) is 5.91 Å². The first-order valence-electron chi connectivity index (χ1n) is 7.36. The lowest BCUT2D eigenvalue weighted by Crippen LogP contribution is -2.13. The molecular formula is C18H16N4O2. The van der Waals surface area contributed by atoms with Gasteiger partial charge in [0.05, 0.1) is 7.11 Å². The van der Waals surface area contributed by atoms with Crippen molar-refractivity contribution in [1.29, 1.82) is 0 Å². The summed E-state index contributed by atoms with van der Waals surface area (Å²) >= 11 is 0. The van der Waals surface area contributed by atoms with Gasteiger partial charge in [0.1, 0.15) is 5.75 Å². The molecule has 1 heterocycles. The molecule has 24 heavy (non-hydrogen) atoms. The molecule has 0 saturated carbocycles. The maximum absolute atomic E-state index is 12.0. The predicted molar refractivity (Wildman–Crippen MR) is 92.7 cm³/mol. The summed E-state index contributed by atoms with van der Waals surface area (Å²) in [4.78, 5) is 12.0. The molecule has 0 fully saturated rings. The first-order chi connectivity index (χ1) is 11.7. The van der Waals surface area contributed by atoms with Gasteiger partial charge < -0.3 is 15.4 Å². The third-order valence-corrected chi connectivity index (χ3v) is 3.30. The Morgan fingerprint density at radius 2 is 1.54 bits per heavy atom. The van der Waals surface area contributed by atoms with Crippen LogP contribution in [0.25, 0.3) is 0 Å². The Hall–Kier alpha value is -3.41. The molecule has 0 spiro atoms. The minimum atomic E-state index is -0.222. The van der Waals surface area contributed by atoms with Gasteiger partial charge in [0, 0.05) is 11.3 Å². The molecule has 3 rings (SSSR count). The lowest BCUT2D eigenvalue weighted by molar-refractivity contribution is 0.102. The topological polar surface area (TPSA) is 76.1 Å². The molecule has 0 bridgehead atoms. The SMILES string of the molecule is COc1ccc(Nc2ccc(NC(=O)c3ccccc3)nn2)cc1. The van der Waals surface area contributed by atoms with Crippen LogP contribution in [0, 0.1) is 0 Å². The summed E-state index contributed by atoms with van der Waals surface area (Å²) in [5.41, 5.74) is 1.44. The standard InChI is InChI=1S/C18H16N4O2/c1-24-15-9-7-14(8-10-15)19-16-11-12-17(22-21-16)20-18(23)13-5-3-2-4-6-13/h2-12H,1H3,(H,19,21)(H,20,22,23). The minimum Gasteiger partial charge on any atom is -0.497 e. The highest BCUT2D eigenvalue weighted by atomic mass is 16.5. The molecule has 0 unspecified atom stereocenters. The van der Waals surface area contributed by atoms with Gasteiger partial charge in [0.2, 0.25) is 0 Å². The maximum Gasteiger partial charge on any atom is 0.256 e. The van der Waals surface area contributed by atoms with Crippen LogP contribution in [0.4, 0.5) is 17.3 Å². The van der Waals surface area contributed by atoms with Gasteiger partial charge in [-0.3, -0.25) is 4.79 Å². The van der Waals surface area contributed by atoms with Gasteiger partial charge in [-0.1, -0.05) is 18.2 Å². The second-order valence-electron chi connectivity index (χ2n) is 4.98. The average Bonchev–Trinajstić information content (AvgIpc) is 2.65. The largest absolute Gasteiger partial charge is 0.497 e. The van der Waals surface area contributed by atoms with E-state index in [0.29, 0.717) is 17.2 Å². The van der Waals surface area contributed by atoms with Gasteiger partial charge in [-0.25, -0.2) is 0 Å². The van der Waals surface area contributed by atoms with Crippen LogP contribution in [0.1, 0.15) is 10.4 Å². The van der Waals surface area contributed by atoms with Gasteiger partial charge in [-0.15, -0.1) is 10.2 Å². The van der Waals surface area contributed by atoms with Crippen LogP contribution in [0.3, 0.4) is 0 Å². The first-order valence-corrected chi connectivity index (χ1v) is 7.36. The molecular weight excluding hydrogens is 304 g/mol. The van der Waals surface area contributed by atoms with Crippen LogP contribution in [0.2, 0.25) is 0 Å². The number of carbonyl (C=O) groups excluding carboxylic acids is 1. The molecule has 0 aliphatic carbocycles. The highest BCUT2D eigenvalue weighted by Crippen LogP contribution is 2.18. The second-order valence-corrected chi connectivity index (χ2v) is 4.98. The monoisotopic (exact) mass is 320 g/mol. The molecule has 1 aromatic heterocycles. The Kier molecular flexibility index (Phi) is 4.67. The van der Waals surface area contributed by atoms with Gasteiger partial charge in [-0.05, 0) is 48.5 Å². The van der Waals surface area contributed by atoms with E-state index in [0.717, 1.165) is 11.4 Å². The molecule has 2 aromatic carbocycles.